The highest BCUT2D eigenvalue weighted by atomic mass is 15.4. The van der Waals surface area contributed by atoms with Crippen molar-refractivity contribution in [2.24, 2.45) is 0 Å². The van der Waals surface area contributed by atoms with Crippen LogP contribution >= 0.6 is 0 Å². The Hall–Kier alpha value is -2.81. The van der Waals surface area contributed by atoms with Crippen LogP contribution in [0.25, 0.3) is 0 Å². The molecule has 1 aromatic heterocycles. The molecule has 3 aromatic rings. The summed E-state index contributed by atoms with van der Waals surface area (Å²) in [6, 6.07) is 21.2. The molecule has 23 heavy (non-hydrogen) atoms. The minimum Gasteiger partial charge on any atom is -0.319 e. The molecule has 0 fully saturated rings. The van der Waals surface area contributed by atoms with Crippen LogP contribution in [0.1, 0.15) is 12.5 Å². The quantitative estimate of drug-likeness (QED) is 0.662. The van der Waals surface area contributed by atoms with Gasteiger partial charge in [0.2, 0.25) is 0 Å². The molecule has 0 radical (unpaired) electrons. The van der Waals surface area contributed by atoms with Crippen LogP contribution in [0.5, 0.6) is 0 Å². The summed E-state index contributed by atoms with van der Waals surface area (Å²) in [5, 5.41) is 0. The number of aromatic nitrogens is 1. The number of aryl methyl sites for hydroxylation is 1. The molecule has 2 aromatic carbocycles. The van der Waals surface area contributed by atoms with Crippen molar-refractivity contribution in [3.8, 4) is 0 Å². The highest BCUT2D eigenvalue weighted by Crippen LogP contribution is 2.47. The first-order chi connectivity index (χ1) is 11.3. The van der Waals surface area contributed by atoms with Gasteiger partial charge in [0.05, 0.1) is 23.3 Å². The minimum absolute atomic E-state index is 0.192. The van der Waals surface area contributed by atoms with Gasteiger partial charge < -0.3 is 9.80 Å². The highest BCUT2D eigenvalue weighted by Gasteiger charge is 2.35. The van der Waals surface area contributed by atoms with Gasteiger partial charge in [-0.05, 0) is 49.7 Å². The van der Waals surface area contributed by atoms with E-state index in [2.05, 4.69) is 89.3 Å². The van der Waals surface area contributed by atoms with Crippen molar-refractivity contribution in [3.63, 3.8) is 0 Å². The number of anilines is 4. The van der Waals surface area contributed by atoms with E-state index in [4.69, 9.17) is 0 Å². The molecular formula is C20H19N3. The lowest BCUT2D eigenvalue weighted by Gasteiger charge is -2.30. The Morgan fingerprint density at radius 3 is 2.13 bits per heavy atom. The first-order valence-corrected chi connectivity index (χ1v) is 7.90. The molecule has 114 valence electrons. The van der Waals surface area contributed by atoms with Gasteiger partial charge in [-0.1, -0.05) is 30.3 Å². The molecule has 2 heterocycles. The minimum atomic E-state index is 0.192. The van der Waals surface area contributed by atoms with Crippen molar-refractivity contribution in [3.05, 3.63) is 78.6 Å². The molecule has 0 amide bonds. The maximum Gasteiger partial charge on any atom is 0.108 e. The van der Waals surface area contributed by atoms with Crippen LogP contribution in [0, 0.1) is 6.92 Å². The number of hydrogen-bond acceptors (Lipinski definition) is 3. The van der Waals surface area contributed by atoms with E-state index in [1.807, 2.05) is 12.4 Å². The molecule has 0 unspecified atom stereocenters. The van der Waals surface area contributed by atoms with Crippen LogP contribution in [0.2, 0.25) is 0 Å². The summed E-state index contributed by atoms with van der Waals surface area (Å²) in [7, 11) is 0. The van der Waals surface area contributed by atoms with Crippen molar-refractivity contribution < 1.29 is 0 Å². The number of pyridine rings is 1. The number of hydrogen-bond donors (Lipinski definition) is 0. The summed E-state index contributed by atoms with van der Waals surface area (Å²) in [5.41, 5.74) is 6.05. The number of fused-ring (bicyclic) bond motifs is 1. The van der Waals surface area contributed by atoms with E-state index >= 15 is 0 Å². The van der Waals surface area contributed by atoms with Crippen LogP contribution in [0.3, 0.4) is 0 Å². The fourth-order valence-electron chi connectivity index (χ4n) is 3.37. The molecule has 1 atom stereocenters. The van der Waals surface area contributed by atoms with Gasteiger partial charge in [-0.2, -0.15) is 0 Å². The molecule has 0 spiro atoms. The van der Waals surface area contributed by atoms with Crippen molar-refractivity contribution in [2.45, 2.75) is 20.0 Å². The van der Waals surface area contributed by atoms with Crippen LogP contribution in [0.15, 0.2) is 73.1 Å². The molecule has 1 aliphatic rings. The molecule has 3 heteroatoms. The summed E-state index contributed by atoms with van der Waals surface area (Å²) >= 11 is 0. The maximum atomic E-state index is 4.34. The van der Waals surface area contributed by atoms with E-state index in [0.29, 0.717) is 0 Å². The number of para-hydroxylation sites is 3. The third-order valence-corrected chi connectivity index (χ3v) is 4.45. The lowest BCUT2D eigenvalue weighted by atomic mass is 10.2. The smallest absolute Gasteiger partial charge is 0.108 e. The standard InChI is InChI=1S/C20H19N3/c1-15-12-13-21-14-20(15)23-16(2)22(17-8-4-3-5-9-17)18-10-6-7-11-19(18)23/h3-14,16H,1-2H3/t16-/m1/s1. The molecule has 0 saturated heterocycles. The first kappa shape index (κ1) is 13.8. The molecular weight excluding hydrogens is 282 g/mol. The third-order valence-electron chi connectivity index (χ3n) is 4.45. The summed E-state index contributed by atoms with van der Waals surface area (Å²) in [6.07, 6.45) is 4.00. The van der Waals surface area contributed by atoms with E-state index in [9.17, 15) is 0 Å². The van der Waals surface area contributed by atoms with E-state index in [0.717, 1.165) is 5.69 Å². The lowest BCUT2D eigenvalue weighted by molar-refractivity contribution is 0.758. The normalized spacial score (nSPS) is 16.5. The van der Waals surface area contributed by atoms with Gasteiger partial charge >= 0.3 is 0 Å². The summed E-state index contributed by atoms with van der Waals surface area (Å²) in [4.78, 5) is 9.08. The zero-order chi connectivity index (χ0) is 15.8. The van der Waals surface area contributed by atoms with Crippen molar-refractivity contribution >= 4 is 22.7 Å². The SMILES string of the molecule is Cc1ccncc1N1c2ccccc2N(c2ccccc2)[C@H]1C. The second kappa shape index (κ2) is 5.43. The van der Waals surface area contributed by atoms with Crippen LogP contribution in [-0.4, -0.2) is 11.1 Å². The Labute approximate surface area is 136 Å². The molecule has 0 N–H and O–H groups in total. The largest absolute Gasteiger partial charge is 0.319 e. The van der Waals surface area contributed by atoms with Gasteiger partial charge in [0.15, 0.2) is 0 Å². The second-order valence-corrected chi connectivity index (χ2v) is 5.86. The van der Waals surface area contributed by atoms with Crippen molar-refractivity contribution in [2.75, 3.05) is 9.80 Å². The zero-order valence-electron chi connectivity index (χ0n) is 13.3. The van der Waals surface area contributed by atoms with Crippen LogP contribution in [-0.2, 0) is 0 Å². The lowest BCUT2D eigenvalue weighted by Crippen LogP contribution is -2.35. The zero-order valence-corrected chi connectivity index (χ0v) is 13.3. The Morgan fingerprint density at radius 1 is 0.783 bits per heavy atom. The van der Waals surface area contributed by atoms with Crippen molar-refractivity contribution in [1.82, 2.24) is 4.98 Å². The Kier molecular flexibility index (Phi) is 3.27. The Morgan fingerprint density at radius 2 is 1.43 bits per heavy atom. The van der Waals surface area contributed by atoms with E-state index in [1.54, 1.807) is 0 Å². The fraction of sp³-hybridized carbons (Fsp3) is 0.150. The van der Waals surface area contributed by atoms with Gasteiger partial charge in [-0.25, -0.2) is 0 Å². The number of nitrogens with zero attached hydrogens (tertiary/aromatic N) is 3. The fourth-order valence-corrected chi connectivity index (χ4v) is 3.37. The number of rotatable bonds is 2. The van der Waals surface area contributed by atoms with E-state index in [-0.39, 0.29) is 6.17 Å². The van der Waals surface area contributed by atoms with Crippen molar-refractivity contribution in [1.29, 1.82) is 0 Å². The average molecular weight is 301 g/mol. The van der Waals surface area contributed by atoms with Crippen LogP contribution < -0.4 is 9.80 Å². The first-order valence-electron chi connectivity index (χ1n) is 7.90. The highest BCUT2D eigenvalue weighted by molar-refractivity contribution is 5.88. The maximum absolute atomic E-state index is 4.34. The summed E-state index contributed by atoms with van der Waals surface area (Å²) in [6.45, 7) is 4.37. The number of benzene rings is 2. The predicted molar refractivity (Wildman–Crippen MR) is 95.6 cm³/mol. The Bertz CT molecular complexity index is 829. The van der Waals surface area contributed by atoms with Gasteiger partial charge in [0, 0.05) is 11.9 Å². The molecule has 0 aliphatic carbocycles. The monoisotopic (exact) mass is 301 g/mol. The second-order valence-electron chi connectivity index (χ2n) is 5.86. The molecule has 3 nitrogen and oxygen atoms in total. The summed E-state index contributed by atoms with van der Waals surface area (Å²) in [5.74, 6) is 0. The van der Waals surface area contributed by atoms with E-state index in [1.165, 1.54) is 22.6 Å². The van der Waals surface area contributed by atoms with Gasteiger partial charge in [0.25, 0.3) is 0 Å². The average Bonchev–Trinajstić information content (AvgIpc) is 2.88. The van der Waals surface area contributed by atoms with Gasteiger partial charge in [0.1, 0.15) is 6.17 Å². The molecule has 4 rings (SSSR count). The predicted octanol–water partition coefficient (Wildman–Crippen LogP) is 5.03. The summed E-state index contributed by atoms with van der Waals surface area (Å²) < 4.78 is 0. The van der Waals surface area contributed by atoms with Gasteiger partial charge in [-0.3, -0.25) is 4.98 Å². The third kappa shape index (κ3) is 2.16. The molecule has 0 saturated carbocycles. The van der Waals surface area contributed by atoms with Gasteiger partial charge in [-0.15, -0.1) is 0 Å². The topological polar surface area (TPSA) is 19.4 Å². The molecule has 0 bridgehead atoms. The van der Waals surface area contributed by atoms with Crippen LogP contribution in [0.4, 0.5) is 22.7 Å². The Balaban J connectivity index is 1.89. The van der Waals surface area contributed by atoms with E-state index < -0.39 is 0 Å². The molecule has 1 aliphatic heterocycles.